The van der Waals surface area contributed by atoms with Gasteiger partial charge in [0.05, 0.1) is 0 Å². The molecule has 0 bridgehead atoms. The van der Waals surface area contributed by atoms with Crippen LogP contribution in [0, 0.1) is 23.7 Å². The van der Waals surface area contributed by atoms with Crippen LogP contribution in [0.4, 0.5) is 17.6 Å². The Kier molecular flexibility index (Phi) is 5.14. The molecule has 0 saturated heterocycles. The lowest BCUT2D eigenvalue weighted by Crippen LogP contribution is -2.25. The molecule has 0 aliphatic heterocycles. The maximum absolute atomic E-state index is 12.9. The molecular weight excluding hydrogens is 268 g/mol. The van der Waals surface area contributed by atoms with Crippen molar-refractivity contribution in [3.63, 3.8) is 0 Å². The van der Waals surface area contributed by atoms with Gasteiger partial charge in [-0.15, -0.1) is 0 Å². The summed E-state index contributed by atoms with van der Waals surface area (Å²) in [7, 11) is 0. The van der Waals surface area contributed by atoms with Crippen LogP contribution in [0.3, 0.4) is 0 Å². The Morgan fingerprint density at radius 3 is 1.75 bits per heavy atom. The molecule has 0 aromatic rings. The molecule has 4 heteroatoms. The van der Waals surface area contributed by atoms with Gasteiger partial charge in [0.2, 0.25) is 0 Å². The van der Waals surface area contributed by atoms with Crippen molar-refractivity contribution in [3.8, 4) is 0 Å². The fourth-order valence-corrected chi connectivity index (χ4v) is 3.84. The molecule has 2 aliphatic rings. The summed E-state index contributed by atoms with van der Waals surface area (Å²) in [5.41, 5.74) is 0. The van der Waals surface area contributed by atoms with Crippen LogP contribution in [0.1, 0.15) is 58.3 Å². The molecule has 0 atom stereocenters. The summed E-state index contributed by atoms with van der Waals surface area (Å²) in [6.07, 6.45) is 4.44. The van der Waals surface area contributed by atoms with Crippen LogP contribution in [0.2, 0.25) is 0 Å². The van der Waals surface area contributed by atoms with Crippen molar-refractivity contribution in [2.75, 3.05) is 0 Å². The second-order valence-electron chi connectivity index (χ2n) is 6.71. The van der Waals surface area contributed by atoms with Gasteiger partial charge in [0, 0.05) is 0 Å². The predicted octanol–water partition coefficient (Wildman–Crippen LogP) is 6.03. The summed E-state index contributed by atoms with van der Waals surface area (Å²) in [5, 5.41) is 0. The van der Waals surface area contributed by atoms with Gasteiger partial charge in [0.25, 0.3) is 0 Å². The zero-order valence-corrected chi connectivity index (χ0v) is 12.1. The summed E-state index contributed by atoms with van der Waals surface area (Å²) >= 11 is 0. The Morgan fingerprint density at radius 2 is 1.30 bits per heavy atom. The lowest BCUT2D eigenvalue weighted by molar-refractivity contribution is -0.109. The van der Waals surface area contributed by atoms with Crippen molar-refractivity contribution in [1.82, 2.24) is 0 Å². The molecule has 2 aliphatic carbocycles. The van der Waals surface area contributed by atoms with Gasteiger partial charge >= 0.3 is 6.18 Å². The van der Waals surface area contributed by atoms with Crippen molar-refractivity contribution >= 4 is 0 Å². The second-order valence-corrected chi connectivity index (χ2v) is 6.71. The fourth-order valence-electron chi connectivity index (χ4n) is 3.84. The third-order valence-corrected chi connectivity index (χ3v) is 5.20. The van der Waals surface area contributed by atoms with Gasteiger partial charge in [0.15, 0.2) is 5.83 Å². The van der Waals surface area contributed by atoms with Crippen LogP contribution >= 0.6 is 0 Å². The second kappa shape index (κ2) is 6.48. The van der Waals surface area contributed by atoms with Crippen molar-refractivity contribution in [1.29, 1.82) is 0 Å². The maximum Gasteiger partial charge on any atom is 0.442 e. The van der Waals surface area contributed by atoms with Gasteiger partial charge in [-0.1, -0.05) is 19.8 Å². The first kappa shape index (κ1) is 15.8. The Hall–Kier alpha value is -0.540. The minimum Gasteiger partial charge on any atom is -0.202 e. The van der Waals surface area contributed by atoms with E-state index in [1.54, 1.807) is 0 Å². The predicted molar refractivity (Wildman–Crippen MR) is 71.8 cm³/mol. The van der Waals surface area contributed by atoms with E-state index in [1.165, 1.54) is 25.7 Å². The fraction of sp³-hybridized carbons (Fsp3) is 0.875. The van der Waals surface area contributed by atoms with Crippen molar-refractivity contribution < 1.29 is 17.6 Å². The van der Waals surface area contributed by atoms with E-state index < -0.39 is 12.0 Å². The van der Waals surface area contributed by atoms with Crippen LogP contribution in [-0.2, 0) is 0 Å². The van der Waals surface area contributed by atoms with E-state index in [-0.39, 0.29) is 5.92 Å². The van der Waals surface area contributed by atoms with E-state index in [2.05, 4.69) is 6.92 Å². The number of allylic oxidation sites excluding steroid dienone is 2. The number of hydrogen-bond acceptors (Lipinski definition) is 0. The van der Waals surface area contributed by atoms with Crippen LogP contribution in [0.15, 0.2) is 11.9 Å². The first-order chi connectivity index (χ1) is 9.36. The van der Waals surface area contributed by atoms with E-state index >= 15 is 0 Å². The van der Waals surface area contributed by atoms with E-state index in [4.69, 9.17) is 0 Å². The molecule has 2 saturated carbocycles. The summed E-state index contributed by atoms with van der Waals surface area (Å²) in [6, 6.07) is 0. The average molecular weight is 292 g/mol. The molecule has 0 nitrogen and oxygen atoms in total. The van der Waals surface area contributed by atoms with Crippen molar-refractivity contribution in [2.24, 2.45) is 23.7 Å². The van der Waals surface area contributed by atoms with Gasteiger partial charge in [-0.25, -0.2) is 4.39 Å². The molecule has 0 N–H and O–H groups in total. The Morgan fingerprint density at radius 1 is 0.850 bits per heavy atom. The van der Waals surface area contributed by atoms with Crippen molar-refractivity contribution in [3.05, 3.63) is 11.9 Å². The molecule has 0 unspecified atom stereocenters. The van der Waals surface area contributed by atoms with Crippen LogP contribution in [0.25, 0.3) is 0 Å². The minimum atomic E-state index is -4.81. The molecule has 0 amide bonds. The van der Waals surface area contributed by atoms with Gasteiger partial charge in [0.1, 0.15) is 0 Å². The highest BCUT2D eigenvalue weighted by Crippen LogP contribution is 2.42. The third kappa shape index (κ3) is 4.23. The first-order valence-electron chi connectivity index (χ1n) is 7.80. The van der Waals surface area contributed by atoms with E-state index in [0.717, 1.165) is 30.8 Å². The molecule has 0 aromatic carbocycles. The molecule has 20 heavy (non-hydrogen) atoms. The van der Waals surface area contributed by atoms with Crippen LogP contribution in [0.5, 0.6) is 0 Å². The number of halogens is 4. The van der Waals surface area contributed by atoms with E-state index in [9.17, 15) is 17.6 Å². The molecule has 116 valence electrons. The zero-order valence-electron chi connectivity index (χ0n) is 12.1. The molecule has 0 aromatic heterocycles. The lowest BCUT2D eigenvalue weighted by atomic mass is 9.69. The van der Waals surface area contributed by atoms with E-state index in [1.807, 2.05) is 0 Å². The van der Waals surface area contributed by atoms with Crippen LogP contribution < -0.4 is 0 Å². The summed E-state index contributed by atoms with van der Waals surface area (Å²) in [4.78, 5) is 0. The third-order valence-electron chi connectivity index (χ3n) is 5.20. The standard InChI is InChI=1S/C16H24F4/c1-11-2-6-13(7-3-11)14-8-4-12(5-9-14)10-15(17)16(18,19)20/h10-14H,2-9H2,1H3. The smallest absolute Gasteiger partial charge is 0.202 e. The monoisotopic (exact) mass is 292 g/mol. The quantitative estimate of drug-likeness (QED) is 0.545. The molecule has 0 heterocycles. The lowest BCUT2D eigenvalue weighted by Gasteiger charge is -2.36. The minimum absolute atomic E-state index is 0.226. The van der Waals surface area contributed by atoms with Gasteiger partial charge in [-0.3, -0.25) is 0 Å². The van der Waals surface area contributed by atoms with Gasteiger partial charge in [-0.2, -0.15) is 13.2 Å². The zero-order chi connectivity index (χ0) is 14.8. The highest BCUT2D eigenvalue weighted by atomic mass is 19.4. The summed E-state index contributed by atoms with van der Waals surface area (Å²) in [6.45, 7) is 2.29. The Labute approximate surface area is 118 Å². The highest BCUT2D eigenvalue weighted by molar-refractivity contribution is 5.03. The largest absolute Gasteiger partial charge is 0.442 e. The number of rotatable bonds is 2. The number of alkyl halides is 3. The number of hydrogen-bond donors (Lipinski definition) is 0. The first-order valence-corrected chi connectivity index (χ1v) is 7.80. The molecule has 0 spiro atoms. The average Bonchev–Trinajstić information content (AvgIpc) is 2.39. The molecule has 0 radical (unpaired) electrons. The molecule has 2 rings (SSSR count). The summed E-state index contributed by atoms with van der Waals surface area (Å²) < 4.78 is 49.4. The SMILES string of the molecule is CC1CCC(C2CCC(C=C(F)C(F)(F)F)CC2)CC1. The normalized spacial score (nSPS) is 37.0. The molecular formula is C16H24F4. The van der Waals surface area contributed by atoms with Crippen LogP contribution in [-0.4, -0.2) is 6.18 Å². The van der Waals surface area contributed by atoms with E-state index in [0.29, 0.717) is 18.8 Å². The van der Waals surface area contributed by atoms with Gasteiger partial charge in [-0.05, 0) is 68.3 Å². The maximum atomic E-state index is 12.9. The van der Waals surface area contributed by atoms with Gasteiger partial charge < -0.3 is 0 Å². The van der Waals surface area contributed by atoms with Crippen molar-refractivity contribution in [2.45, 2.75) is 64.5 Å². The summed E-state index contributed by atoms with van der Waals surface area (Å²) in [5.74, 6) is 0.0962. The Bertz CT molecular complexity index is 329. The Balaban J connectivity index is 1.81. The highest BCUT2D eigenvalue weighted by Gasteiger charge is 2.36. The topological polar surface area (TPSA) is 0 Å². The molecule has 2 fully saturated rings.